The summed E-state index contributed by atoms with van der Waals surface area (Å²) in [6, 6.07) is 13.0. The van der Waals surface area contributed by atoms with E-state index >= 15 is 0 Å². The van der Waals surface area contributed by atoms with Gasteiger partial charge < -0.3 is 15.0 Å². The molecular weight excluding hydrogens is 330 g/mol. The number of carbonyl (C=O) groups excluding carboxylic acids is 1. The number of aromatic amines is 1. The molecule has 1 amide bonds. The largest absolute Gasteiger partial charge is 0.444 e. The van der Waals surface area contributed by atoms with Gasteiger partial charge in [0.25, 0.3) is 0 Å². The summed E-state index contributed by atoms with van der Waals surface area (Å²) >= 11 is 0. The van der Waals surface area contributed by atoms with Crippen LogP contribution in [0.15, 0.2) is 53.5 Å². The van der Waals surface area contributed by atoms with E-state index in [1.54, 1.807) is 12.3 Å². The second-order valence-electron chi connectivity index (χ2n) is 7.00. The van der Waals surface area contributed by atoms with Gasteiger partial charge in [-0.25, -0.2) is 9.78 Å². The summed E-state index contributed by atoms with van der Waals surface area (Å²) in [4.78, 5) is 30.1. The average molecular weight is 351 g/mol. The lowest BCUT2D eigenvalue weighted by atomic mass is 10.0. The van der Waals surface area contributed by atoms with Crippen LogP contribution in [0.25, 0.3) is 22.2 Å². The summed E-state index contributed by atoms with van der Waals surface area (Å²) < 4.78 is 5.22. The number of pyridine rings is 2. The number of aromatic nitrogens is 2. The number of ether oxygens (including phenoxy) is 1. The summed E-state index contributed by atoms with van der Waals surface area (Å²) in [5, 5.41) is 3.62. The van der Waals surface area contributed by atoms with E-state index in [1.807, 2.05) is 51.1 Å². The molecule has 6 heteroatoms. The third kappa shape index (κ3) is 4.27. The maximum Gasteiger partial charge on any atom is 0.407 e. The highest BCUT2D eigenvalue weighted by atomic mass is 16.6. The summed E-state index contributed by atoms with van der Waals surface area (Å²) in [6.45, 7) is 5.87. The number of hydrogen-bond donors (Lipinski definition) is 2. The van der Waals surface area contributed by atoms with E-state index in [4.69, 9.17) is 4.74 Å². The third-order valence-corrected chi connectivity index (χ3v) is 3.73. The van der Waals surface area contributed by atoms with Crippen LogP contribution in [-0.4, -0.2) is 21.7 Å². The minimum Gasteiger partial charge on any atom is -0.444 e. The van der Waals surface area contributed by atoms with Crippen molar-refractivity contribution in [3.8, 4) is 11.1 Å². The first kappa shape index (κ1) is 17.7. The van der Waals surface area contributed by atoms with E-state index in [1.165, 1.54) is 6.07 Å². The monoisotopic (exact) mass is 351 g/mol. The van der Waals surface area contributed by atoms with Crippen LogP contribution in [-0.2, 0) is 11.3 Å². The Hall–Kier alpha value is -3.15. The highest BCUT2D eigenvalue weighted by Gasteiger charge is 2.15. The Morgan fingerprint density at radius 3 is 2.54 bits per heavy atom. The highest BCUT2D eigenvalue weighted by molar-refractivity contribution is 5.92. The summed E-state index contributed by atoms with van der Waals surface area (Å²) in [6.07, 6.45) is 1.23. The van der Waals surface area contributed by atoms with Crippen LogP contribution in [0.4, 0.5) is 4.79 Å². The zero-order valence-electron chi connectivity index (χ0n) is 15.0. The Labute approximate surface area is 151 Å². The van der Waals surface area contributed by atoms with E-state index in [0.717, 1.165) is 22.1 Å². The van der Waals surface area contributed by atoms with Gasteiger partial charge >= 0.3 is 6.09 Å². The molecule has 0 aliphatic rings. The number of nitrogens with zero attached hydrogens (tertiary/aromatic N) is 1. The van der Waals surface area contributed by atoms with Crippen molar-refractivity contribution in [1.82, 2.24) is 15.3 Å². The number of amides is 1. The maximum absolute atomic E-state index is 11.7. The molecule has 134 valence electrons. The molecule has 0 fully saturated rings. The number of rotatable bonds is 3. The standard InChI is InChI=1S/C20H21N3O3/c1-20(2,3)26-19(25)22-12-13-4-6-14(7-5-13)15-10-11-21-18-16(15)8-9-17(24)23-18/h4-11H,12H2,1-3H3,(H,22,25)(H,21,23,24). The molecule has 0 spiro atoms. The molecule has 2 aromatic heterocycles. The lowest BCUT2D eigenvalue weighted by Gasteiger charge is -2.19. The summed E-state index contributed by atoms with van der Waals surface area (Å²) in [5.74, 6) is 0. The van der Waals surface area contributed by atoms with Gasteiger partial charge in [0, 0.05) is 24.2 Å². The van der Waals surface area contributed by atoms with Gasteiger partial charge in [-0.1, -0.05) is 24.3 Å². The lowest BCUT2D eigenvalue weighted by molar-refractivity contribution is 0.0523. The van der Waals surface area contributed by atoms with Crippen molar-refractivity contribution in [2.45, 2.75) is 32.9 Å². The molecule has 3 rings (SSSR count). The van der Waals surface area contributed by atoms with Crippen molar-refractivity contribution in [2.75, 3.05) is 0 Å². The Bertz CT molecular complexity index is 986. The molecule has 1 aromatic carbocycles. The van der Waals surface area contributed by atoms with Crippen LogP contribution >= 0.6 is 0 Å². The topological polar surface area (TPSA) is 84.1 Å². The maximum atomic E-state index is 11.7. The van der Waals surface area contributed by atoms with E-state index < -0.39 is 11.7 Å². The van der Waals surface area contributed by atoms with Crippen molar-refractivity contribution < 1.29 is 9.53 Å². The molecule has 3 aromatic rings. The van der Waals surface area contributed by atoms with E-state index in [0.29, 0.717) is 12.2 Å². The lowest BCUT2D eigenvalue weighted by Crippen LogP contribution is -2.32. The highest BCUT2D eigenvalue weighted by Crippen LogP contribution is 2.26. The van der Waals surface area contributed by atoms with Crippen LogP contribution in [0.3, 0.4) is 0 Å². The molecule has 0 unspecified atom stereocenters. The molecule has 0 aliphatic carbocycles. The SMILES string of the molecule is CC(C)(C)OC(=O)NCc1ccc(-c2ccnc3[nH]c(=O)ccc23)cc1. The fourth-order valence-corrected chi connectivity index (χ4v) is 2.60. The Morgan fingerprint density at radius 2 is 1.85 bits per heavy atom. The second kappa shape index (κ2) is 7.00. The van der Waals surface area contributed by atoms with Gasteiger partial charge in [0.05, 0.1) is 0 Å². The van der Waals surface area contributed by atoms with Gasteiger partial charge in [-0.2, -0.15) is 0 Å². The van der Waals surface area contributed by atoms with Gasteiger partial charge in [-0.3, -0.25) is 4.79 Å². The van der Waals surface area contributed by atoms with Gasteiger partial charge in [0.1, 0.15) is 11.2 Å². The molecule has 2 heterocycles. The van der Waals surface area contributed by atoms with Crippen LogP contribution in [0.1, 0.15) is 26.3 Å². The fourth-order valence-electron chi connectivity index (χ4n) is 2.60. The molecule has 0 saturated carbocycles. The zero-order chi connectivity index (χ0) is 18.7. The number of alkyl carbamates (subject to hydrolysis) is 1. The normalized spacial score (nSPS) is 11.3. The van der Waals surface area contributed by atoms with Gasteiger partial charge in [-0.15, -0.1) is 0 Å². The fraction of sp³-hybridized carbons (Fsp3) is 0.250. The Morgan fingerprint density at radius 1 is 1.12 bits per heavy atom. The molecule has 2 N–H and O–H groups in total. The van der Waals surface area contributed by atoms with Crippen LogP contribution in [0.2, 0.25) is 0 Å². The molecule has 0 bridgehead atoms. The second-order valence-corrected chi connectivity index (χ2v) is 7.00. The third-order valence-electron chi connectivity index (χ3n) is 3.73. The molecule has 26 heavy (non-hydrogen) atoms. The predicted octanol–water partition coefficient (Wildman–Crippen LogP) is 3.61. The van der Waals surface area contributed by atoms with Gasteiger partial charge in [-0.05, 0) is 49.6 Å². The van der Waals surface area contributed by atoms with Gasteiger partial charge in [0.2, 0.25) is 5.56 Å². The smallest absolute Gasteiger partial charge is 0.407 e. The van der Waals surface area contributed by atoms with Crippen molar-refractivity contribution in [2.24, 2.45) is 0 Å². The first-order chi connectivity index (χ1) is 12.3. The first-order valence-corrected chi connectivity index (χ1v) is 8.36. The number of carbonyl (C=O) groups is 1. The molecule has 0 aliphatic heterocycles. The van der Waals surface area contributed by atoms with Crippen molar-refractivity contribution in [1.29, 1.82) is 0 Å². The number of hydrogen-bond acceptors (Lipinski definition) is 4. The minimum absolute atomic E-state index is 0.175. The summed E-state index contributed by atoms with van der Waals surface area (Å²) in [7, 11) is 0. The molecule has 0 atom stereocenters. The van der Waals surface area contributed by atoms with E-state index in [9.17, 15) is 9.59 Å². The first-order valence-electron chi connectivity index (χ1n) is 8.36. The summed E-state index contributed by atoms with van der Waals surface area (Å²) in [5.41, 5.74) is 2.82. The minimum atomic E-state index is -0.517. The molecule has 0 saturated heterocycles. The Kier molecular flexibility index (Phi) is 4.75. The number of H-pyrrole nitrogens is 1. The zero-order valence-corrected chi connectivity index (χ0v) is 15.0. The van der Waals surface area contributed by atoms with Crippen LogP contribution in [0.5, 0.6) is 0 Å². The van der Waals surface area contributed by atoms with Crippen LogP contribution in [0, 0.1) is 0 Å². The Balaban J connectivity index is 1.76. The van der Waals surface area contributed by atoms with Crippen LogP contribution < -0.4 is 10.9 Å². The predicted molar refractivity (Wildman–Crippen MR) is 101 cm³/mol. The number of benzene rings is 1. The molecular formula is C20H21N3O3. The number of fused-ring (bicyclic) bond motifs is 1. The van der Waals surface area contributed by atoms with Gasteiger partial charge in [0.15, 0.2) is 0 Å². The molecule has 0 radical (unpaired) electrons. The molecule has 6 nitrogen and oxygen atoms in total. The van der Waals surface area contributed by atoms with Crippen molar-refractivity contribution in [3.05, 3.63) is 64.6 Å². The van der Waals surface area contributed by atoms with E-state index in [2.05, 4.69) is 15.3 Å². The van der Waals surface area contributed by atoms with E-state index in [-0.39, 0.29) is 5.56 Å². The number of nitrogens with one attached hydrogen (secondary N) is 2. The average Bonchev–Trinajstić information content (AvgIpc) is 2.58. The quantitative estimate of drug-likeness (QED) is 0.755. The van der Waals surface area contributed by atoms with Crippen molar-refractivity contribution >= 4 is 17.1 Å². The van der Waals surface area contributed by atoms with Crippen molar-refractivity contribution in [3.63, 3.8) is 0 Å².